The summed E-state index contributed by atoms with van der Waals surface area (Å²) in [6, 6.07) is 14.4. The molecule has 120 valence electrons. The number of rotatable bonds is 6. The third kappa shape index (κ3) is 4.16. The number of nitrogens with zero attached hydrogens (tertiary/aromatic N) is 1. The van der Waals surface area contributed by atoms with Gasteiger partial charge in [-0.05, 0) is 36.8 Å². The lowest BCUT2D eigenvalue weighted by atomic mass is 9.95. The van der Waals surface area contributed by atoms with E-state index in [1.165, 1.54) is 23.1 Å². The van der Waals surface area contributed by atoms with Crippen LogP contribution in [0.2, 0.25) is 0 Å². The van der Waals surface area contributed by atoms with Gasteiger partial charge in [0, 0.05) is 18.7 Å². The number of halogens is 1. The fourth-order valence-corrected chi connectivity index (χ4v) is 2.47. The number of aliphatic carboxylic acids is 1. The van der Waals surface area contributed by atoms with E-state index < -0.39 is 17.7 Å². The van der Waals surface area contributed by atoms with E-state index in [1.807, 2.05) is 25.1 Å². The van der Waals surface area contributed by atoms with E-state index in [0.717, 1.165) is 6.07 Å². The van der Waals surface area contributed by atoms with Gasteiger partial charge in [-0.25, -0.2) is 4.39 Å². The minimum Gasteiger partial charge on any atom is -0.481 e. The van der Waals surface area contributed by atoms with Gasteiger partial charge >= 0.3 is 5.97 Å². The Balaban J connectivity index is 2.22. The molecule has 4 nitrogen and oxygen atoms in total. The van der Waals surface area contributed by atoms with Crippen LogP contribution in [0.15, 0.2) is 54.6 Å². The van der Waals surface area contributed by atoms with Crippen molar-refractivity contribution in [3.63, 3.8) is 0 Å². The van der Waals surface area contributed by atoms with Crippen molar-refractivity contribution >= 4 is 17.6 Å². The van der Waals surface area contributed by atoms with E-state index in [4.69, 9.17) is 0 Å². The van der Waals surface area contributed by atoms with Crippen LogP contribution in [-0.4, -0.2) is 23.5 Å². The Bertz CT molecular complexity index is 688. The van der Waals surface area contributed by atoms with Gasteiger partial charge < -0.3 is 10.0 Å². The van der Waals surface area contributed by atoms with Crippen molar-refractivity contribution in [2.75, 3.05) is 11.4 Å². The van der Waals surface area contributed by atoms with Crippen molar-refractivity contribution in [2.45, 2.75) is 19.3 Å². The summed E-state index contributed by atoms with van der Waals surface area (Å²) in [6.45, 7) is 2.25. The van der Waals surface area contributed by atoms with Crippen LogP contribution in [0.3, 0.4) is 0 Å². The Kier molecular flexibility index (Phi) is 5.46. The Morgan fingerprint density at radius 3 is 2.39 bits per heavy atom. The first-order chi connectivity index (χ1) is 11.0. The van der Waals surface area contributed by atoms with Crippen LogP contribution >= 0.6 is 0 Å². The molecule has 1 atom stereocenters. The molecule has 0 heterocycles. The third-order valence-electron chi connectivity index (χ3n) is 3.61. The minimum atomic E-state index is -1.15. The van der Waals surface area contributed by atoms with Gasteiger partial charge in [-0.2, -0.15) is 0 Å². The fraction of sp³-hybridized carbons (Fsp3) is 0.222. The summed E-state index contributed by atoms with van der Waals surface area (Å²) in [5.74, 6) is -3.05. The number of carboxylic acids is 1. The first-order valence-corrected chi connectivity index (χ1v) is 7.36. The summed E-state index contributed by atoms with van der Waals surface area (Å²) in [7, 11) is 0. The molecule has 0 aliphatic heterocycles. The van der Waals surface area contributed by atoms with Gasteiger partial charge in [-0.1, -0.05) is 30.3 Å². The standard InChI is InChI=1S/C18H18FNO3/c1-2-20(15-9-4-3-5-10-15)17(21)12-16(18(22)23)13-7-6-8-14(19)11-13/h3-11,16H,2,12H2,1H3,(H,22,23). The molecule has 5 heteroatoms. The summed E-state index contributed by atoms with van der Waals surface area (Å²) in [5, 5.41) is 9.40. The molecule has 1 unspecified atom stereocenters. The topological polar surface area (TPSA) is 57.6 Å². The zero-order chi connectivity index (χ0) is 16.8. The van der Waals surface area contributed by atoms with E-state index in [1.54, 1.807) is 12.1 Å². The number of carbonyl (C=O) groups excluding carboxylic acids is 1. The lowest BCUT2D eigenvalue weighted by molar-refractivity contribution is -0.140. The molecular weight excluding hydrogens is 297 g/mol. The van der Waals surface area contributed by atoms with Crippen LogP contribution in [0.1, 0.15) is 24.8 Å². The van der Waals surface area contributed by atoms with Crippen molar-refractivity contribution in [3.8, 4) is 0 Å². The highest BCUT2D eigenvalue weighted by Gasteiger charge is 2.26. The van der Waals surface area contributed by atoms with E-state index in [2.05, 4.69) is 0 Å². The molecular formula is C18H18FNO3. The zero-order valence-electron chi connectivity index (χ0n) is 12.8. The molecule has 2 aromatic rings. The summed E-state index contributed by atoms with van der Waals surface area (Å²) in [4.78, 5) is 25.5. The van der Waals surface area contributed by atoms with Crippen molar-refractivity contribution in [3.05, 3.63) is 66.0 Å². The first-order valence-electron chi connectivity index (χ1n) is 7.36. The quantitative estimate of drug-likeness (QED) is 0.888. The molecule has 0 spiro atoms. The molecule has 0 aromatic heterocycles. The van der Waals surface area contributed by atoms with Gasteiger partial charge in [-0.3, -0.25) is 9.59 Å². The Morgan fingerprint density at radius 1 is 1.13 bits per heavy atom. The smallest absolute Gasteiger partial charge is 0.311 e. The fourth-order valence-electron chi connectivity index (χ4n) is 2.47. The maximum Gasteiger partial charge on any atom is 0.311 e. The Labute approximate surface area is 134 Å². The lowest BCUT2D eigenvalue weighted by Crippen LogP contribution is -2.33. The van der Waals surface area contributed by atoms with Gasteiger partial charge in [0.05, 0.1) is 5.92 Å². The summed E-state index contributed by atoms with van der Waals surface area (Å²) in [5.41, 5.74) is 0.998. The second-order valence-corrected chi connectivity index (χ2v) is 5.12. The highest BCUT2D eigenvalue weighted by atomic mass is 19.1. The van der Waals surface area contributed by atoms with Crippen molar-refractivity contribution in [1.82, 2.24) is 0 Å². The number of anilines is 1. The molecule has 0 aliphatic carbocycles. The summed E-state index contributed by atoms with van der Waals surface area (Å²) < 4.78 is 13.3. The minimum absolute atomic E-state index is 0.221. The SMILES string of the molecule is CCN(C(=O)CC(C(=O)O)c1cccc(F)c1)c1ccccc1. The highest BCUT2D eigenvalue weighted by molar-refractivity contribution is 5.96. The molecule has 0 saturated heterocycles. The molecule has 1 amide bonds. The van der Waals surface area contributed by atoms with Crippen LogP contribution in [0.4, 0.5) is 10.1 Å². The number of carbonyl (C=O) groups is 2. The van der Waals surface area contributed by atoms with Crippen molar-refractivity contribution in [2.24, 2.45) is 0 Å². The molecule has 23 heavy (non-hydrogen) atoms. The number of benzene rings is 2. The van der Waals surface area contributed by atoms with E-state index in [0.29, 0.717) is 12.2 Å². The summed E-state index contributed by atoms with van der Waals surface area (Å²) in [6.07, 6.45) is -0.221. The maximum atomic E-state index is 13.3. The Hall–Kier alpha value is -2.69. The normalized spacial score (nSPS) is 11.7. The molecule has 0 bridgehead atoms. The first kappa shape index (κ1) is 16.7. The largest absolute Gasteiger partial charge is 0.481 e. The van der Waals surface area contributed by atoms with E-state index in [9.17, 15) is 19.1 Å². The van der Waals surface area contributed by atoms with Crippen molar-refractivity contribution in [1.29, 1.82) is 0 Å². The number of para-hydroxylation sites is 1. The van der Waals surface area contributed by atoms with Crippen LogP contribution in [0, 0.1) is 5.82 Å². The predicted molar refractivity (Wildman–Crippen MR) is 85.9 cm³/mol. The molecule has 0 fully saturated rings. The molecule has 0 radical (unpaired) electrons. The third-order valence-corrected chi connectivity index (χ3v) is 3.61. The number of hydrogen-bond acceptors (Lipinski definition) is 2. The van der Waals surface area contributed by atoms with E-state index in [-0.39, 0.29) is 17.9 Å². The Morgan fingerprint density at radius 2 is 1.83 bits per heavy atom. The van der Waals surface area contributed by atoms with Crippen molar-refractivity contribution < 1.29 is 19.1 Å². The number of carboxylic acid groups (broad SMARTS) is 1. The zero-order valence-corrected chi connectivity index (χ0v) is 12.8. The molecule has 1 N–H and O–H groups in total. The average Bonchev–Trinajstić information content (AvgIpc) is 2.54. The maximum absolute atomic E-state index is 13.3. The van der Waals surface area contributed by atoms with Gasteiger partial charge in [-0.15, -0.1) is 0 Å². The van der Waals surface area contributed by atoms with Gasteiger partial charge in [0.1, 0.15) is 5.82 Å². The van der Waals surface area contributed by atoms with Crippen LogP contribution in [-0.2, 0) is 9.59 Å². The monoisotopic (exact) mass is 315 g/mol. The lowest BCUT2D eigenvalue weighted by Gasteiger charge is -2.23. The predicted octanol–water partition coefficient (Wildman–Crippen LogP) is 3.44. The number of amides is 1. The van der Waals surface area contributed by atoms with Crippen LogP contribution in [0.25, 0.3) is 0 Å². The molecule has 0 saturated carbocycles. The highest BCUT2D eigenvalue weighted by Crippen LogP contribution is 2.24. The van der Waals surface area contributed by atoms with Gasteiger partial charge in [0.2, 0.25) is 5.91 Å². The van der Waals surface area contributed by atoms with Gasteiger partial charge in [0.15, 0.2) is 0 Å². The number of hydrogen-bond donors (Lipinski definition) is 1. The van der Waals surface area contributed by atoms with E-state index >= 15 is 0 Å². The molecule has 2 rings (SSSR count). The average molecular weight is 315 g/mol. The summed E-state index contributed by atoms with van der Waals surface area (Å²) >= 11 is 0. The second kappa shape index (κ2) is 7.54. The molecule has 0 aliphatic rings. The van der Waals surface area contributed by atoms with Crippen LogP contribution in [0.5, 0.6) is 0 Å². The molecule has 2 aromatic carbocycles. The van der Waals surface area contributed by atoms with Crippen LogP contribution < -0.4 is 4.90 Å². The van der Waals surface area contributed by atoms with Gasteiger partial charge in [0.25, 0.3) is 0 Å². The second-order valence-electron chi connectivity index (χ2n) is 5.12.